The van der Waals surface area contributed by atoms with Crippen molar-refractivity contribution in [3.8, 4) is 5.75 Å². The van der Waals surface area contributed by atoms with Gasteiger partial charge in [-0.05, 0) is 18.2 Å². The Hall–Kier alpha value is -1.95. The van der Waals surface area contributed by atoms with Crippen LogP contribution in [0.5, 0.6) is 5.75 Å². The predicted octanol–water partition coefficient (Wildman–Crippen LogP) is 3.60. The van der Waals surface area contributed by atoms with E-state index in [1.165, 1.54) is 0 Å². The number of ether oxygens (including phenoxy) is 1. The molecule has 0 amide bonds. The highest BCUT2D eigenvalue weighted by molar-refractivity contribution is 6.32. The van der Waals surface area contributed by atoms with Gasteiger partial charge in [-0.3, -0.25) is 4.79 Å². The number of halogens is 4. The van der Waals surface area contributed by atoms with Gasteiger partial charge in [0, 0.05) is 12.3 Å². The van der Waals surface area contributed by atoms with Crippen molar-refractivity contribution in [2.45, 2.75) is 12.7 Å². The molecule has 1 heterocycles. The molecule has 0 radical (unpaired) electrons. The molecule has 0 saturated heterocycles. The third-order valence-corrected chi connectivity index (χ3v) is 3.05. The average Bonchev–Trinajstić information content (AvgIpc) is 2.41. The second kappa shape index (κ2) is 6.22. The monoisotopic (exact) mass is 317 g/mol. The third kappa shape index (κ3) is 4.01. The summed E-state index contributed by atoms with van der Waals surface area (Å²) >= 11 is 5.88. The molecule has 0 aliphatic carbocycles. The molecule has 7 heteroatoms. The standard InChI is InChI=1S/C14H11ClF3NO2/c15-11-3-1-2-4-12(11)21-8-7-19-9-10(14(16,17)18)5-6-13(19)20/h1-6,9H,7-8H2. The fourth-order valence-corrected chi connectivity index (χ4v) is 1.88. The van der Waals surface area contributed by atoms with Crippen LogP contribution in [-0.2, 0) is 12.7 Å². The molecule has 1 aromatic heterocycles. The van der Waals surface area contributed by atoms with Crippen molar-refractivity contribution in [3.63, 3.8) is 0 Å². The maximum atomic E-state index is 12.6. The van der Waals surface area contributed by atoms with Gasteiger partial charge in [-0.15, -0.1) is 0 Å². The Morgan fingerprint density at radius 3 is 2.52 bits per heavy atom. The molecule has 0 aliphatic heterocycles. The second-order valence-corrected chi connectivity index (χ2v) is 4.63. The summed E-state index contributed by atoms with van der Waals surface area (Å²) in [6.45, 7) is 0.0267. The molecule has 2 aromatic rings. The fraction of sp³-hybridized carbons (Fsp3) is 0.214. The summed E-state index contributed by atoms with van der Waals surface area (Å²) in [5.41, 5.74) is -1.40. The van der Waals surface area contributed by atoms with E-state index >= 15 is 0 Å². The lowest BCUT2D eigenvalue weighted by atomic mass is 10.3. The zero-order valence-electron chi connectivity index (χ0n) is 10.7. The number of hydrogen-bond donors (Lipinski definition) is 0. The van der Waals surface area contributed by atoms with Gasteiger partial charge >= 0.3 is 6.18 Å². The van der Waals surface area contributed by atoms with Crippen LogP contribution >= 0.6 is 11.6 Å². The van der Waals surface area contributed by atoms with Crippen molar-refractivity contribution in [3.05, 3.63) is 63.5 Å². The highest BCUT2D eigenvalue weighted by atomic mass is 35.5. The van der Waals surface area contributed by atoms with E-state index in [9.17, 15) is 18.0 Å². The van der Waals surface area contributed by atoms with Crippen LogP contribution in [0.3, 0.4) is 0 Å². The molecular formula is C14H11ClF3NO2. The van der Waals surface area contributed by atoms with E-state index in [1.807, 2.05) is 0 Å². The van der Waals surface area contributed by atoms with Gasteiger partial charge in [0.1, 0.15) is 12.4 Å². The van der Waals surface area contributed by atoms with E-state index in [4.69, 9.17) is 16.3 Å². The molecule has 21 heavy (non-hydrogen) atoms. The number of pyridine rings is 1. The SMILES string of the molecule is O=c1ccc(C(F)(F)F)cn1CCOc1ccccc1Cl. The lowest BCUT2D eigenvalue weighted by Gasteiger charge is -2.12. The van der Waals surface area contributed by atoms with Crippen molar-refractivity contribution in [2.24, 2.45) is 0 Å². The minimum absolute atomic E-state index is 0.00598. The van der Waals surface area contributed by atoms with E-state index < -0.39 is 17.3 Å². The number of rotatable bonds is 4. The number of hydrogen-bond acceptors (Lipinski definition) is 2. The van der Waals surface area contributed by atoms with Crippen LogP contribution in [0.25, 0.3) is 0 Å². The molecular weight excluding hydrogens is 307 g/mol. The maximum absolute atomic E-state index is 12.6. The minimum atomic E-state index is -4.49. The average molecular weight is 318 g/mol. The molecule has 0 bridgehead atoms. The van der Waals surface area contributed by atoms with Gasteiger partial charge < -0.3 is 9.30 Å². The van der Waals surface area contributed by atoms with Crippen molar-refractivity contribution in [1.82, 2.24) is 4.57 Å². The molecule has 0 unspecified atom stereocenters. The Morgan fingerprint density at radius 2 is 1.86 bits per heavy atom. The van der Waals surface area contributed by atoms with Gasteiger partial charge in [0.25, 0.3) is 5.56 Å². The largest absolute Gasteiger partial charge is 0.490 e. The maximum Gasteiger partial charge on any atom is 0.417 e. The highest BCUT2D eigenvalue weighted by Crippen LogP contribution is 2.28. The van der Waals surface area contributed by atoms with E-state index in [2.05, 4.69) is 0 Å². The van der Waals surface area contributed by atoms with Crippen molar-refractivity contribution in [2.75, 3.05) is 6.61 Å². The zero-order chi connectivity index (χ0) is 15.5. The summed E-state index contributed by atoms with van der Waals surface area (Å²) in [5.74, 6) is 0.416. The first-order chi connectivity index (χ1) is 9.88. The van der Waals surface area contributed by atoms with Crippen LogP contribution in [0.4, 0.5) is 13.2 Å². The van der Waals surface area contributed by atoms with Crippen LogP contribution in [0.2, 0.25) is 5.02 Å². The summed E-state index contributed by atoms with van der Waals surface area (Å²) in [5, 5.41) is 0.397. The van der Waals surface area contributed by atoms with Gasteiger partial charge in [-0.2, -0.15) is 13.2 Å². The van der Waals surface area contributed by atoms with Crippen molar-refractivity contribution < 1.29 is 17.9 Å². The summed E-state index contributed by atoms with van der Waals surface area (Å²) in [6.07, 6.45) is -3.71. The Bertz CT molecular complexity index is 682. The Labute approximate surface area is 123 Å². The lowest BCUT2D eigenvalue weighted by Crippen LogP contribution is -2.24. The van der Waals surface area contributed by atoms with Crippen molar-refractivity contribution in [1.29, 1.82) is 0 Å². The quantitative estimate of drug-likeness (QED) is 0.863. The van der Waals surface area contributed by atoms with Crippen LogP contribution in [0.15, 0.2) is 47.4 Å². The molecule has 3 nitrogen and oxygen atoms in total. The Balaban J connectivity index is 2.07. The topological polar surface area (TPSA) is 31.2 Å². The predicted molar refractivity (Wildman–Crippen MR) is 72.7 cm³/mol. The normalized spacial score (nSPS) is 11.4. The van der Waals surface area contributed by atoms with Gasteiger partial charge in [-0.25, -0.2) is 0 Å². The van der Waals surface area contributed by atoms with E-state index in [-0.39, 0.29) is 13.2 Å². The van der Waals surface area contributed by atoms with Crippen LogP contribution < -0.4 is 10.3 Å². The highest BCUT2D eigenvalue weighted by Gasteiger charge is 2.30. The van der Waals surface area contributed by atoms with Crippen molar-refractivity contribution >= 4 is 11.6 Å². The first kappa shape index (κ1) is 15.4. The third-order valence-electron chi connectivity index (χ3n) is 2.74. The molecule has 0 fully saturated rings. The fourth-order valence-electron chi connectivity index (χ4n) is 1.69. The molecule has 0 saturated carbocycles. The summed E-state index contributed by atoms with van der Waals surface area (Å²) in [7, 11) is 0. The van der Waals surface area contributed by atoms with Gasteiger partial charge in [-0.1, -0.05) is 23.7 Å². The number of para-hydroxylation sites is 1. The summed E-state index contributed by atoms with van der Waals surface area (Å²) in [4.78, 5) is 11.5. The number of aromatic nitrogens is 1. The Kier molecular flexibility index (Phi) is 4.57. The first-order valence-corrected chi connectivity index (χ1v) is 6.41. The minimum Gasteiger partial charge on any atom is -0.490 e. The zero-order valence-corrected chi connectivity index (χ0v) is 11.5. The van der Waals surface area contributed by atoms with Gasteiger partial charge in [0.05, 0.1) is 17.1 Å². The molecule has 0 spiro atoms. The molecule has 112 valence electrons. The van der Waals surface area contributed by atoms with Crippen LogP contribution in [0, 0.1) is 0 Å². The molecule has 0 N–H and O–H groups in total. The number of benzene rings is 1. The Morgan fingerprint density at radius 1 is 1.14 bits per heavy atom. The van der Waals surface area contributed by atoms with Crippen LogP contribution in [0.1, 0.15) is 5.56 Å². The van der Waals surface area contributed by atoms with E-state index in [1.54, 1.807) is 24.3 Å². The number of nitrogens with zero attached hydrogens (tertiary/aromatic N) is 1. The molecule has 1 aromatic carbocycles. The molecule has 2 rings (SSSR count). The lowest BCUT2D eigenvalue weighted by molar-refractivity contribution is -0.138. The summed E-state index contributed by atoms with van der Waals surface area (Å²) in [6, 6.07) is 8.36. The van der Waals surface area contributed by atoms with E-state index in [0.29, 0.717) is 10.8 Å². The van der Waals surface area contributed by atoms with Gasteiger partial charge in [0.2, 0.25) is 0 Å². The van der Waals surface area contributed by atoms with E-state index in [0.717, 1.165) is 22.9 Å². The van der Waals surface area contributed by atoms with Gasteiger partial charge in [0.15, 0.2) is 0 Å². The second-order valence-electron chi connectivity index (χ2n) is 4.23. The van der Waals surface area contributed by atoms with Crippen LogP contribution in [-0.4, -0.2) is 11.2 Å². The molecule has 0 atom stereocenters. The smallest absolute Gasteiger partial charge is 0.417 e. The molecule has 0 aliphatic rings. The number of alkyl halides is 3. The first-order valence-electron chi connectivity index (χ1n) is 6.03. The summed E-state index contributed by atoms with van der Waals surface area (Å²) < 4.78 is 44.0.